The predicted octanol–water partition coefficient (Wildman–Crippen LogP) is 5.02. The summed E-state index contributed by atoms with van der Waals surface area (Å²) in [7, 11) is -1.20. The zero-order chi connectivity index (χ0) is 17.7. The van der Waals surface area contributed by atoms with Gasteiger partial charge in [0.1, 0.15) is 6.61 Å². The van der Waals surface area contributed by atoms with Crippen molar-refractivity contribution < 1.29 is 19.4 Å². The molecule has 0 aromatic heterocycles. The minimum absolute atomic E-state index is 0.215. The van der Waals surface area contributed by atoms with Gasteiger partial charge in [0.25, 0.3) is 0 Å². The fraction of sp³-hybridized carbons (Fsp3) is 0.778. The highest BCUT2D eigenvalue weighted by Crippen LogP contribution is 2.18. The number of aliphatic carboxylic acids is 1. The third-order valence-corrected chi connectivity index (χ3v) is 5.01. The predicted molar refractivity (Wildman–Crippen MR) is 97.4 cm³/mol. The molecule has 0 saturated carbocycles. The smallest absolute Gasteiger partial charge is 0.303 e. The summed E-state index contributed by atoms with van der Waals surface area (Å²) in [5.74, 6) is -0.911. The Kier molecular flexibility index (Phi) is 11.7. The minimum atomic E-state index is -1.20. The summed E-state index contributed by atoms with van der Waals surface area (Å²) in [5, 5.41) is 8.56. The van der Waals surface area contributed by atoms with Crippen molar-refractivity contribution in [3.63, 3.8) is 0 Å². The third-order valence-electron chi connectivity index (χ3n) is 3.50. The average Bonchev–Trinajstić information content (AvgIpc) is 2.40. The van der Waals surface area contributed by atoms with Crippen molar-refractivity contribution in [1.29, 1.82) is 0 Å². The Labute approximate surface area is 142 Å². The van der Waals surface area contributed by atoms with Crippen molar-refractivity contribution in [1.82, 2.24) is 0 Å². The summed E-state index contributed by atoms with van der Waals surface area (Å²) in [6.07, 6.45) is 9.99. The van der Waals surface area contributed by atoms with E-state index in [1.807, 2.05) is 0 Å². The minimum Gasteiger partial charge on any atom is -0.481 e. The van der Waals surface area contributed by atoms with E-state index in [9.17, 15) is 9.59 Å². The first-order valence-electron chi connectivity index (χ1n) is 8.74. The van der Waals surface area contributed by atoms with Crippen LogP contribution in [0, 0.1) is 0 Å². The Morgan fingerprint density at radius 2 is 1.57 bits per heavy atom. The van der Waals surface area contributed by atoms with E-state index in [1.165, 1.54) is 25.3 Å². The summed E-state index contributed by atoms with van der Waals surface area (Å²) in [5.41, 5.74) is 1.26. The van der Waals surface area contributed by atoms with Gasteiger partial charge in [-0.1, -0.05) is 51.4 Å². The number of allylic oxidation sites excluding steroid dienone is 1. The quantitative estimate of drug-likeness (QED) is 0.221. The normalized spacial score (nSPS) is 12.3. The van der Waals surface area contributed by atoms with Crippen LogP contribution in [-0.4, -0.2) is 31.7 Å². The number of carboxylic acids is 1. The summed E-state index contributed by atoms with van der Waals surface area (Å²) in [6.45, 7) is 8.87. The van der Waals surface area contributed by atoms with Crippen LogP contribution >= 0.6 is 0 Å². The molecule has 0 amide bonds. The molecule has 0 rings (SSSR count). The molecule has 0 aromatic carbocycles. The van der Waals surface area contributed by atoms with Gasteiger partial charge < -0.3 is 9.84 Å². The first-order valence-corrected chi connectivity index (χ1v) is 12.4. The second-order valence-corrected chi connectivity index (χ2v) is 12.9. The molecule has 0 saturated heterocycles. The van der Waals surface area contributed by atoms with Crippen molar-refractivity contribution in [2.24, 2.45) is 0 Å². The van der Waals surface area contributed by atoms with E-state index in [-0.39, 0.29) is 5.97 Å². The summed E-state index contributed by atoms with van der Waals surface area (Å²) in [6, 6.07) is 1.08. The number of hydrogen-bond acceptors (Lipinski definition) is 3. The molecule has 0 unspecified atom stereocenters. The molecule has 4 nitrogen and oxygen atoms in total. The highest BCUT2D eigenvalue weighted by Gasteiger charge is 2.16. The van der Waals surface area contributed by atoms with Gasteiger partial charge in [-0.2, -0.15) is 0 Å². The molecular formula is C18H34O4Si. The molecule has 0 aliphatic heterocycles. The number of rotatable bonds is 13. The highest BCUT2D eigenvalue weighted by atomic mass is 28.3. The van der Waals surface area contributed by atoms with Crippen molar-refractivity contribution in [2.45, 2.75) is 84.0 Å². The molecule has 0 heterocycles. The summed E-state index contributed by atoms with van der Waals surface area (Å²) >= 11 is 0. The molecule has 5 heteroatoms. The Hall–Kier alpha value is -1.10. The molecule has 0 aliphatic rings. The lowest BCUT2D eigenvalue weighted by molar-refractivity contribution is -0.140. The number of unbranched alkanes of at least 4 members (excludes halogenated alkanes) is 6. The SMILES string of the molecule is CC(=O)OC/C(=C/CCCCCCCCC(=O)O)C[Si](C)(C)C. The second kappa shape index (κ2) is 12.3. The van der Waals surface area contributed by atoms with Crippen LogP contribution < -0.4 is 0 Å². The first-order chi connectivity index (χ1) is 10.7. The van der Waals surface area contributed by atoms with Gasteiger partial charge in [0.05, 0.1) is 0 Å². The topological polar surface area (TPSA) is 63.6 Å². The Morgan fingerprint density at radius 1 is 1.00 bits per heavy atom. The molecule has 0 spiro atoms. The van der Waals surface area contributed by atoms with Crippen LogP contribution in [0.3, 0.4) is 0 Å². The Morgan fingerprint density at radius 3 is 2.09 bits per heavy atom. The van der Waals surface area contributed by atoms with E-state index in [2.05, 4.69) is 25.7 Å². The third kappa shape index (κ3) is 17.1. The molecule has 0 atom stereocenters. The second-order valence-electron chi connectivity index (χ2n) is 7.43. The van der Waals surface area contributed by atoms with Crippen LogP contribution in [-0.2, 0) is 14.3 Å². The number of carbonyl (C=O) groups is 2. The van der Waals surface area contributed by atoms with E-state index < -0.39 is 14.0 Å². The fourth-order valence-corrected chi connectivity index (χ4v) is 4.10. The van der Waals surface area contributed by atoms with Crippen molar-refractivity contribution in [3.8, 4) is 0 Å². The maximum absolute atomic E-state index is 11.0. The van der Waals surface area contributed by atoms with Gasteiger partial charge in [0.2, 0.25) is 0 Å². The van der Waals surface area contributed by atoms with Crippen molar-refractivity contribution in [2.75, 3.05) is 6.61 Å². The van der Waals surface area contributed by atoms with E-state index in [1.54, 1.807) is 0 Å². The van der Waals surface area contributed by atoms with Gasteiger partial charge in [0, 0.05) is 21.4 Å². The molecule has 1 N–H and O–H groups in total. The number of ether oxygens (including phenoxy) is 1. The van der Waals surface area contributed by atoms with E-state index in [4.69, 9.17) is 9.84 Å². The largest absolute Gasteiger partial charge is 0.481 e. The number of esters is 1. The molecular weight excluding hydrogens is 308 g/mol. The zero-order valence-corrected chi connectivity index (χ0v) is 16.3. The highest BCUT2D eigenvalue weighted by molar-refractivity contribution is 6.76. The monoisotopic (exact) mass is 342 g/mol. The summed E-state index contributed by atoms with van der Waals surface area (Å²) < 4.78 is 5.16. The van der Waals surface area contributed by atoms with E-state index in [0.717, 1.165) is 38.1 Å². The maximum atomic E-state index is 11.0. The van der Waals surface area contributed by atoms with Gasteiger partial charge in [-0.05, 0) is 30.9 Å². The maximum Gasteiger partial charge on any atom is 0.303 e. The van der Waals surface area contributed by atoms with Crippen LogP contribution in [0.2, 0.25) is 25.7 Å². The number of carbonyl (C=O) groups excluding carboxylic acids is 1. The van der Waals surface area contributed by atoms with Gasteiger partial charge in [-0.3, -0.25) is 9.59 Å². The molecule has 0 bridgehead atoms. The molecule has 0 aliphatic carbocycles. The molecule has 0 aromatic rings. The van der Waals surface area contributed by atoms with Crippen LogP contribution in [0.15, 0.2) is 11.6 Å². The standard InChI is InChI=1S/C18H34O4Si/c1-16(19)22-14-17(15-23(2,3)4)12-10-8-6-5-7-9-11-13-18(20)21/h12H,5-11,13-15H2,1-4H3,(H,20,21)/b17-12-. The first kappa shape index (κ1) is 21.9. The van der Waals surface area contributed by atoms with Crippen LogP contribution in [0.1, 0.15) is 58.3 Å². The zero-order valence-electron chi connectivity index (χ0n) is 15.3. The summed E-state index contributed by atoms with van der Waals surface area (Å²) in [4.78, 5) is 21.4. The molecule has 23 heavy (non-hydrogen) atoms. The van der Waals surface area contributed by atoms with Crippen LogP contribution in [0.5, 0.6) is 0 Å². The van der Waals surface area contributed by atoms with E-state index >= 15 is 0 Å². The lowest BCUT2D eigenvalue weighted by atomic mass is 10.1. The van der Waals surface area contributed by atoms with Crippen LogP contribution in [0.4, 0.5) is 0 Å². The molecule has 134 valence electrons. The van der Waals surface area contributed by atoms with E-state index in [0.29, 0.717) is 13.0 Å². The van der Waals surface area contributed by atoms with Gasteiger partial charge in [0.15, 0.2) is 0 Å². The lowest BCUT2D eigenvalue weighted by Gasteiger charge is -2.18. The number of hydrogen-bond donors (Lipinski definition) is 1. The fourth-order valence-electron chi connectivity index (χ4n) is 2.49. The Bertz CT molecular complexity index is 383. The molecule has 0 radical (unpaired) electrons. The van der Waals surface area contributed by atoms with Gasteiger partial charge in [-0.15, -0.1) is 0 Å². The average molecular weight is 343 g/mol. The van der Waals surface area contributed by atoms with Crippen molar-refractivity contribution >= 4 is 20.0 Å². The van der Waals surface area contributed by atoms with Gasteiger partial charge in [-0.25, -0.2) is 0 Å². The molecule has 0 fully saturated rings. The lowest BCUT2D eigenvalue weighted by Crippen LogP contribution is -2.21. The van der Waals surface area contributed by atoms with Gasteiger partial charge >= 0.3 is 11.9 Å². The number of carboxylic acid groups (broad SMARTS) is 1. The Balaban J connectivity index is 3.91. The van der Waals surface area contributed by atoms with Crippen molar-refractivity contribution in [3.05, 3.63) is 11.6 Å². The van der Waals surface area contributed by atoms with Crippen LogP contribution in [0.25, 0.3) is 0 Å².